The summed E-state index contributed by atoms with van der Waals surface area (Å²) in [7, 11) is -1.92. The molecule has 2 rings (SSSR count). The highest BCUT2D eigenvalue weighted by molar-refractivity contribution is 7.92. The van der Waals surface area contributed by atoms with Crippen molar-refractivity contribution in [1.82, 2.24) is 0 Å². The number of carbonyl (C=O) groups is 1. The van der Waals surface area contributed by atoms with E-state index in [0.29, 0.717) is 18.6 Å². The summed E-state index contributed by atoms with van der Waals surface area (Å²) in [5.74, 6) is 0.194. The van der Waals surface area contributed by atoms with Crippen LogP contribution in [-0.2, 0) is 21.2 Å². The number of amides is 1. The second kappa shape index (κ2) is 21.1. The minimum Gasteiger partial charge on any atom is -0.506 e. The van der Waals surface area contributed by atoms with Gasteiger partial charge in [-0.3, -0.25) is 9.52 Å². The van der Waals surface area contributed by atoms with Gasteiger partial charge in [-0.05, 0) is 55.5 Å². The van der Waals surface area contributed by atoms with Gasteiger partial charge in [0.2, 0.25) is 10.0 Å². The molecule has 0 aliphatic heterocycles. The highest BCUT2D eigenvalue weighted by Gasteiger charge is 2.25. The molecule has 0 saturated carbocycles. The number of sulfonamides is 1. The summed E-state index contributed by atoms with van der Waals surface area (Å²) in [6.07, 6.45) is 19.4. The van der Waals surface area contributed by atoms with Crippen LogP contribution >= 0.6 is 0 Å². The fourth-order valence-electron chi connectivity index (χ4n) is 5.36. The van der Waals surface area contributed by atoms with Crippen molar-refractivity contribution in [2.75, 3.05) is 22.4 Å². The first kappa shape index (κ1) is 37.4. The molecule has 1 atom stereocenters. The summed E-state index contributed by atoms with van der Waals surface area (Å²) >= 11 is 0. The van der Waals surface area contributed by atoms with E-state index in [-0.39, 0.29) is 28.8 Å². The van der Waals surface area contributed by atoms with Crippen molar-refractivity contribution < 1.29 is 23.1 Å². The van der Waals surface area contributed by atoms with Crippen molar-refractivity contribution in [1.29, 1.82) is 0 Å². The lowest BCUT2D eigenvalue weighted by molar-refractivity contribution is -0.125. The molecule has 0 saturated heterocycles. The summed E-state index contributed by atoms with van der Waals surface area (Å²) in [5, 5.41) is 10.6. The molecule has 0 aliphatic carbocycles. The molecule has 0 heterocycles. The van der Waals surface area contributed by atoms with Gasteiger partial charge in [0.25, 0.3) is 5.91 Å². The van der Waals surface area contributed by atoms with Crippen LogP contribution < -0.4 is 14.4 Å². The number of likely N-dealkylation sites (N-methyl/N-ethyl adjacent to an activating group) is 1. The molecule has 2 aromatic rings. The van der Waals surface area contributed by atoms with E-state index in [1.54, 1.807) is 13.1 Å². The minimum atomic E-state index is -3.50. The molecule has 0 fully saturated rings. The van der Waals surface area contributed by atoms with Crippen LogP contribution in [0.5, 0.6) is 11.5 Å². The molecule has 0 aromatic heterocycles. The van der Waals surface area contributed by atoms with Crippen LogP contribution in [0.4, 0.5) is 11.4 Å². The van der Waals surface area contributed by atoms with Gasteiger partial charge < -0.3 is 14.7 Å². The summed E-state index contributed by atoms with van der Waals surface area (Å²) in [6, 6.07) is 12.4. The van der Waals surface area contributed by atoms with E-state index in [4.69, 9.17) is 4.74 Å². The summed E-state index contributed by atoms with van der Waals surface area (Å²) < 4.78 is 33.1. The average molecular weight is 631 g/mol. The smallest absolute Gasteiger partial charge is 0.267 e. The molecule has 1 amide bonds. The van der Waals surface area contributed by atoms with Gasteiger partial charge in [-0.1, -0.05) is 116 Å². The van der Waals surface area contributed by atoms with Gasteiger partial charge in [0.15, 0.2) is 6.10 Å². The Morgan fingerprint density at radius 1 is 0.818 bits per heavy atom. The minimum absolute atomic E-state index is 0.0144. The monoisotopic (exact) mass is 630 g/mol. The molecule has 248 valence electrons. The standard InChI is InChI=1S/C36H58N2O5S/c1-5-8-10-11-12-13-14-15-16-17-18-19-20-22-30-23-21-24-32(28-30)43-35(7-3)36(40)38(4)33-26-25-31(29-34(33)39)37-44(41,42)27-9-6-2/h21,23-26,28-29,35,37,39H,5-20,22,27H2,1-4H3. The van der Waals surface area contributed by atoms with Crippen molar-refractivity contribution in [3.8, 4) is 11.5 Å². The zero-order valence-corrected chi connectivity index (χ0v) is 28.6. The number of aryl methyl sites for hydroxylation is 1. The van der Waals surface area contributed by atoms with Gasteiger partial charge >= 0.3 is 0 Å². The molecule has 7 nitrogen and oxygen atoms in total. The van der Waals surface area contributed by atoms with Gasteiger partial charge in [-0.25, -0.2) is 8.42 Å². The summed E-state index contributed by atoms with van der Waals surface area (Å²) in [4.78, 5) is 14.7. The van der Waals surface area contributed by atoms with Crippen molar-refractivity contribution in [3.05, 3.63) is 48.0 Å². The molecular weight excluding hydrogens is 572 g/mol. The number of aromatic hydroxyl groups is 1. The first-order valence-corrected chi connectivity index (χ1v) is 18.7. The maximum absolute atomic E-state index is 13.3. The first-order chi connectivity index (χ1) is 21.2. The molecule has 0 radical (unpaired) electrons. The Morgan fingerprint density at radius 2 is 1.41 bits per heavy atom. The Kier molecular flexibility index (Phi) is 17.9. The maximum Gasteiger partial charge on any atom is 0.267 e. The molecule has 2 aromatic carbocycles. The number of phenols is 1. The number of nitrogens with one attached hydrogen (secondary N) is 1. The predicted molar refractivity (Wildman–Crippen MR) is 184 cm³/mol. The van der Waals surface area contributed by atoms with Crippen LogP contribution in [0, 0.1) is 0 Å². The van der Waals surface area contributed by atoms with E-state index in [2.05, 4.69) is 17.7 Å². The van der Waals surface area contributed by atoms with Gasteiger partial charge in [0, 0.05) is 13.1 Å². The molecule has 0 bridgehead atoms. The van der Waals surface area contributed by atoms with E-state index in [0.717, 1.165) is 19.3 Å². The number of unbranched alkanes of at least 4 members (excludes halogenated alkanes) is 13. The number of carbonyl (C=O) groups excluding carboxylic acids is 1. The third kappa shape index (κ3) is 14.4. The lowest BCUT2D eigenvalue weighted by Crippen LogP contribution is -2.39. The Labute approximate surface area is 267 Å². The highest BCUT2D eigenvalue weighted by Crippen LogP contribution is 2.31. The Hall–Kier alpha value is -2.74. The number of benzene rings is 2. The van der Waals surface area contributed by atoms with E-state index in [1.807, 2.05) is 32.0 Å². The highest BCUT2D eigenvalue weighted by atomic mass is 32.2. The first-order valence-electron chi connectivity index (χ1n) is 17.1. The number of phenolic OH excluding ortho intramolecular Hbond substituents is 1. The molecule has 0 aliphatic rings. The Morgan fingerprint density at radius 3 is 1.98 bits per heavy atom. The second-order valence-electron chi connectivity index (χ2n) is 12.0. The summed E-state index contributed by atoms with van der Waals surface area (Å²) in [6.45, 7) is 6.08. The zero-order chi connectivity index (χ0) is 32.2. The van der Waals surface area contributed by atoms with Crippen LogP contribution in [0.1, 0.15) is 129 Å². The number of anilines is 2. The van der Waals surface area contributed by atoms with Crippen LogP contribution in [0.25, 0.3) is 0 Å². The fourth-order valence-corrected chi connectivity index (χ4v) is 6.62. The van der Waals surface area contributed by atoms with Crippen molar-refractivity contribution in [2.45, 2.75) is 136 Å². The third-order valence-electron chi connectivity index (χ3n) is 8.10. The normalized spacial score (nSPS) is 12.2. The van der Waals surface area contributed by atoms with Crippen molar-refractivity contribution in [2.24, 2.45) is 0 Å². The predicted octanol–water partition coefficient (Wildman–Crippen LogP) is 9.39. The Bertz CT molecular complexity index is 1200. The quantitative estimate of drug-likeness (QED) is 0.113. The second-order valence-corrected chi connectivity index (χ2v) is 13.9. The van der Waals surface area contributed by atoms with E-state index in [9.17, 15) is 18.3 Å². The largest absolute Gasteiger partial charge is 0.506 e. The van der Waals surface area contributed by atoms with Crippen LogP contribution in [-0.4, -0.2) is 38.3 Å². The van der Waals surface area contributed by atoms with Crippen LogP contribution in [0.15, 0.2) is 42.5 Å². The topological polar surface area (TPSA) is 95.9 Å². The molecule has 8 heteroatoms. The number of rotatable bonds is 24. The fraction of sp³-hybridized carbons (Fsp3) is 0.639. The van der Waals surface area contributed by atoms with Gasteiger partial charge in [0.1, 0.15) is 11.5 Å². The molecule has 1 unspecified atom stereocenters. The van der Waals surface area contributed by atoms with E-state index < -0.39 is 16.1 Å². The number of ether oxygens (including phenoxy) is 1. The van der Waals surface area contributed by atoms with Crippen molar-refractivity contribution >= 4 is 27.3 Å². The van der Waals surface area contributed by atoms with Gasteiger partial charge in [-0.2, -0.15) is 0 Å². The van der Waals surface area contributed by atoms with E-state index in [1.165, 1.54) is 99.6 Å². The molecule has 44 heavy (non-hydrogen) atoms. The third-order valence-corrected chi connectivity index (χ3v) is 9.47. The molecule has 0 spiro atoms. The van der Waals surface area contributed by atoms with Crippen molar-refractivity contribution in [3.63, 3.8) is 0 Å². The van der Waals surface area contributed by atoms with Crippen LogP contribution in [0.3, 0.4) is 0 Å². The molecular formula is C36H58N2O5S. The number of hydrogen-bond donors (Lipinski definition) is 2. The SMILES string of the molecule is CCCCCCCCCCCCCCCc1cccc(OC(CC)C(=O)N(C)c2ccc(NS(=O)(=O)CCCC)cc2O)c1. The summed E-state index contributed by atoms with van der Waals surface area (Å²) in [5.41, 5.74) is 1.74. The van der Waals surface area contributed by atoms with Crippen LogP contribution in [0.2, 0.25) is 0 Å². The lowest BCUT2D eigenvalue weighted by Gasteiger charge is -2.25. The average Bonchev–Trinajstić information content (AvgIpc) is 3.00. The van der Waals surface area contributed by atoms with Gasteiger partial charge in [0.05, 0.1) is 17.1 Å². The number of nitrogens with zero attached hydrogens (tertiary/aromatic N) is 1. The number of hydrogen-bond acceptors (Lipinski definition) is 5. The molecule has 2 N–H and O–H groups in total. The van der Waals surface area contributed by atoms with E-state index >= 15 is 0 Å². The Balaban J connectivity index is 1.79. The maximum atomic E-state index is 13.3. The van der Waals surface area contributed by atoms with Gasteiger partial charge in [-0.15, -0.1) is 0 Å². The lowest BCUT2D eigenvalue weighted by atomic mass is 10.0. The zero-order valence-electron chi connectivity index (χ0n) is 27.8.